The first-order valence-electron chi connectivity index (χ1n) is 18.5. The number of nitrogens with zero attached hydrogens (tertiary/aromatic N) is 8. The number of aliphatic imine (C=N–C) groups is 3. The van der Waals surface area contributed by atoms with Crippen molar-refractivity contribution in [2.45, 2.75) is 51.9 Å². The number of hydrogen-bond acceptors (Lipinski definition) is 10. The van der Waals surface area contributed by atoms with Crippen LogP contribution >= 0.6 is 0 Å². The molecule has 1 aromatic carbocycles. The Kier molecular flexibility index (Phi) is 10.1. The van der Waals surface area contributed by atoms with E-state index in [9.17, 15) is 0 Å². The van der Waals surface area contributed by atoms with Crippen LogP contribution in [-0.4, -0.2) is 44.0 Å². The van der Waals surface area contributed by atoms with Crippen LogP contribution in [0.5, 0.6) is 0 Å². The zero-order chi connectivity index (χ0) is 38.5. The molecule has 5 heterocycles. The molecule has 2 bridgehead atoms. The normalized spacial score (nSPS) is 17.1. The molecule has 3 aromatic heterocycles. The highest BCUT2D eigenvalue weighted by atomic mass is 16.4. The smallest absolute Gasteiger partial charge is 0.266 e. The van der Waals surface area contributed by atoms with E-state index in [0.29, 0.717) is 52.3 Å². The van der Waals surface area contributed by atoms with E-state index >= 15 is 0 Å². The van der Waals surface area contributed by atoms with Crippen LogP contribution in [0.1, 0.15) is 80.9 Å². The SMILES string of the molecule is C=N/C(=C\CCCC(C)CC1=CC=C=CC=N1)c1nnc(C2=CC3=C=C(C=C2)c2ccc(-c4nnc(C5=NC(c6ccccn6)=C=CC=C5)o4)cc2C3(C)C)o1. The van der Waals surface area contributed by atoms with Crippen LogP contribution in [0, 0.1) is 5.92 Å². The van der Waals surface area contributed by atoms with Crippen molar-refractivity contribution < 1.29 is 8.83 Å². The van der Waals surface area contributed by atoms with E-state index in [0.717, 1.165) is 64.8 Å². The van der Waals surface area contributed by atoms with Crippen molar-refractivity contribution in [3.8, 4) is 11.5 Å². The lowest BCUT2D eigenvalue weighted by Gasteiger charge is -2.31. The number of benzene rings is 1. The number of pyridine rings is 1. The van der Waals surface area contributed by atoms with Crippen molar-refractivity contribution in [2.75, 3.05) is 0 Å². The highest BCUT2D eigenvalue weighted by Gasteiger charge is 2.33. The fourth-order valence-electron chi connectivity index (χ4n) is 6.82. The van der Waals surface area contributed by atoms with Gasteiger partial charge >= 0.3 is 0 Å². The summed E-state index contributed by atoms with van der Waals surface area (Å²) in [6.45, 7) is 10.4. The van der Waals surface area contributed by atoms with Crippen LogP contribution in [0.4, 0.5) is 0 Å². The van der Waals surface area contributed by atoms with Gasteiger partial charge in [0.2, 0.25) is 11.8 Å². The molecule has 274 valence electrons. The zero-order valence-corrected chi connectivity index (χ0v) is 31.4. The van der Waals surface area contributed by atoms with Crippen LogP contribution in [0.2, 0.25) is 0 Å². The van der Waals surface area contributed by atoms with E-state index in [4.69, 9.17) is 13.8 Å². The summed E-state index contributed by atoms with van der Waals surface area (Å²) in [7, 11) is 0. The van der Waals surface area contributed by atoms with Gasteiger partial charge in [0.1, 0.15) is 17.1 Å². The van der Waals surface area contributed by atoms with Crippen molar-refractivity contribution in [3.05, 3.63) is 166 Å². The molecule has 0 fully saturated rings. The van der Waals surface area contributed by atoms with E-state index in [1.807, 2.05) is 72.9 Å². The van der Waals surface area contributed by atoms with Crippen LogP contribution < -0.4 is 0 Å². The minimum Gasteiger partial charge on any atom is -0.415 e. The highest BCUT2D eigenvalue weighted by molar-refractivity contribution is 6.08. The molecule has 10 heteroatoms. The Morgan fingerprint density at radius 3 is 2.75 bits per heavy atom. The molecular weight excluding hydrogens is 697 g/mol. The Morgan fingerprint density at radius 2 is 1.88 bits per heavy atom. The van der Waals surface area contributed by atoms with Gasteiger partial charge in [-0.3, -0.25) is 15.0 Å². The minimum absolute atomic E-state index is 0.302. The van der Waals surface area contributed by atoms with E-state index < -0.39 is 5.41 Å². The van der Waals surface area contributed by atoms with Crippen molar-refractivity contribution in [2.24, 2.45) is 20.9 Å². The molecule has 4 aromatic rings. The van der Waals surface area contributed by atoms with Crippen molar-refractivity contribution >= 4 is 41.2 Å². The summed E-state index contributed by atoms with van der Waals surface area (Å²) >= 11 is 0. The van der Waals surface area contributed by atoms with Gasteiger partial charge in [-0.15, -0.1) is 31.9 Å². The third-order valence-corrected chi connectivity index (χ3v) is 9.90. The van der Waals surface area contributed by atoms with Gasteiger partial charge in [0.05, 0.1) is 5.69 Å². The fourth-order valence-corrected chi connectivity index (χ4v) is 6.82. The lowest BCUT2D eigenvalue weighted by molar-refractivity contribution is 0.506. The maximum absolute atomic E-state index is 6.22. The maximum Gasteiger partial charge on any atom is 0.266 e. The largest absolute Gasteiger partial charge is 0.415 e. The van der Waals surface area contributed by atoms with E-state index in [-0.39, 0.29) is 0 Å². The Bertz CT molecular complexity index is 2650. The Hall–Kier alpha value is -7.08. The summed E-state index contributed by atoms with van der Waals surface area (Å²) < 4.78 is 12.4. The number of hydrogen-bond donors (Lipinski definition) is 0. The molecule has 0 saturated heterocycles. The minimum atomic E-state index is -0.433. The van der Waals surface area contributed by atoms with Crippen LogP contribution in [0.3, 0.4) is 0 Å². The first-order chi connectivity index (χ1) is 27.4. The number of fused-ring (bicyclic) bond motifs is 2. The summed E-state index contributed by atoms with van der Waals surface area (Å²) in [6.07, 6.45) is 26.6. The number of allylic oxidation sites excluding steroid dienone is 12. The van der Waals surface area contributed by atoms with Gasteiger partial charge < -0.3 is 8.83 Å². The highest BCUT2D eigenvalue weighted by Crippen LogP contribution is 2.44. The van der Waals surface area contributed by atoms with Crippen LogP contribution in [0.25, 0.3) is 34.0 Å². The second-order valence-electron chi connectivity index (χ2n) is 14.3. The molecule has 0 radical (unpaired) electrons. The third kappa shape index (κ3) is 7.62. The van der Waals surface area contributed by atoms with Gasteiger partial charge in [-0.2, -0.15) is 0 Å². The molecule has 2 aliphatic carbocycles. The number of unbranched alkanes of at least 4 members (excludes halogenated alkanes) is 1. The average Bonchev–Trinajstić information content (AvgIpc) is 3.66. The standard InChI is InChI=1S/C46H38N8O2/c1-30(26-35-15-6-5-12-24-48-35)14-7-8-18-40(47-4)44-53-51-42(55-44)32-21-20-31-27-34(28-32)46(2,3)37-29-33(22-23-36(31)37)43-52-54-45(56-43)41-19-10-9-17-39(50-41)38-16-11-13-25-49-38/h6,9-13,15-16,18-25,28-30H,4,7-8,14,26H2,1-3H3/b40-18-. The molecule has 1 atom stereocenters. The predicted octanol–water partition coefficient (Wildman–Crippen LogP) is 9.84. The molecule has 10 nitrogen and oxygen atoms in total. The molecule has 4 aliphatic rings. The molecule has 0 saturated carbocycles. The second-order valence-corrected chi connectivity index (χ2v) is 14.3. The Balaban J connectivity index is 0.973. The van der Waals surface area contributed by atoms with E-state index in [2.05, 4.69) is 98.3 Å². The van der Waals surface area contributed by atoms with Crippen molar-refractivity contribution in [3.63, 3.8) is 0 Å². The van der Waals surface area contributed by atoms with Gasteiger partial charge in [0.15, 0.2) is 0 Å². The van der Waals surface area contributed by atoms with E-state index in [1.165, 1.54) is 0 Å². The summed E-state index contributed by atoms with van der Waals surface area (Å²) in [5.41, 5.74) is 18.6. The van der Waals surface area contributed by atoms with Crippen molar-refractivity contribution in [1.29, 1.82) is 0 Å². The van der Waals surface area contributed by atoms with Gasteiger partial charge in [-0.05, 0) is 116 Å². The second kappa shape index (κ2) is 15.7. The van der Waals surface area contributed by atoms with Gasteiger partial charge in [0, 0.05) is 45.8 Å². The van der Waals surface area contributed by atoms with Crippen LogP contribution in [-0.2, 0) is 5.41 Å². The monoisotopic (exact) mass is 734 g/mol. The van der Waals surface area contributed by atoms with E-state index in [1.54, 1.807) is 18.5 Å². The summed E-state index contributed by atoms with van der Waals surface area (Å²) in [5, 5.41) is 17.5. The predicted molar refractivity (Wildman–Crippen MR) is 220 cm³/mol. The average molecular weight is 735 g/mol. The third-order valence-electron chi connectivity index (χ3n) is 9.90. The van der Waals surface area contributed by atoms with Crippen LogP contribution in [0.15, 0.2) is 156 Å². The quantitative estimate of drug-likeness (QED) is 0.0805. The molecular formula is C46H38N8O2. The topological polar surface area (TPSA) is 128 Å². The number of rotatable bonds is 12. The molecule has 56 heavy (non-hydrogen) atoms. The fraction of sp³-hybridized carbons (Fsp3) is 0.196. The Morgan fingerprint density at radius 1 is 0.982 bits per heavy atom. The summed E-state index contributed by atoms with van der Waals surface area (Å²) in [6, 6.07) is 11.8. The molecule has 0 amide bonds. The Labute approximate surface area is 325 Å². The van der Waals surface area contributed by atoms with Gasteiger partial charge in [-0.1, -0.05) is 57.2 Å². The molecule has 0 N–H and O–H groups in total. The summed E-state index contributed by atoms with van der Waals surface area (Å²) in [4.78, 5) is 17.8. The molecule has 2 aliphatic heterocycles. The lowest BCUT2D eigenvalue weighted by atomic mass is 9.71. The first-order valence-corrected chi connectivity index (χ1v) is 18.5. The molecule has 0 spiro atoms. The molecule has 8 rings (SSSR count). The van der Waals surface area contributed by atoms with Gasteiger partial charge in [0.25, 0.3) is 11.8 Å². The molecule has 1 unspecified atom stereocenters. The van der Waals surface area contributed by atoms with Gasteiger partial charge in [-0.25, -0.2) is 4.99 Å². The summed E-state index contributed by atoms with van der Waals surface area (Å²) in [5.74, 6) is 1.92. The first kappa shape index (κ1) is 35.9. The van der Waals surface area contributed by atoms with Crippen molar-refractivity contribution in [1.82, 2.24) is 25.4 Å². The number of aromatic nitrogens is 5. The zero-order valence-electron chi connectivity index (χ0n) is 31.4. The maximum atomic E-state index is 6.22. The lowest BCUT2D eigenvalue weighted by Crippen LogP contribution is -2.23.